The fourth-order valence-electron chi connectivity index (χ4n) is 3.25. The Labute approximate surface area is 152 Å². The third kappa shape index (κ3) is 3.22. The van der Waals surface area contributed by atoms with Crippen LogP contribution in [-0.4, -0.2) is 32.6 Å². The van der Waals surface area contributed by atoms with Crippen molar-refractivity contribution in [1.82, 2.24) is 0 Å². The lowest BCUT2D eigenvalue weighted by atomic mass is 10.0. The zero-order valence-electron chi connectivity index (χ0n) is 15.2. The molecule has 0 aromatic heterocycles. The van der Waals surface area contributed by atoms with Gasteiger partial charge in [0.25, 0.3) is 5.91 Å². The van der Waals surface area contributed by atoms with Gasteiger partial charge < -0.3 is 19.7 Å². The highest BCUT2D eigenvalue weighted by Crippen LogP contribution is 2.33. The molecule has 6 heteroatoms. The first-order valence-corrected chi connectivity index (χ1v) is 8.54. The Hall–Kier alpha value is -3.02. The average molecular weight is 354 g/mol. The minimum atomic E-state index is -0.278. The normalized spacial score (nSPS) is 13.2. The van der Waals surface area contributed by atoms with Gasteiger partial charge in [-0.15, -0.1) is 0 Å². The summed E-state index contributed by atoms with van der Waals surface area (Å²) in [5.41, 5.74) is 3.06. The zero-order chi connectivity index (χ0) is 18.7. The lowest BCUT2D eigenvalue weighted by molar-refractivity contribution is -0.118. The second kappa shape index (κ2) is 7.47. The average Bonchev–Trinajstić information content (AvgIpc) is 2.67. The van der Waals surface area contributed by atoms with E-state index < -0.39 is 0 Å². The van der Waals surface area contributed by atoms with Crippen LogP contribution in [0.25, 0.3) is 0 Å². The second-order valence-corrected chi connectivity index (χ2v) is 5.98. The van der Waals surface area contributed by atoms with Crippen LogP contribution in [-0.2, 0) is 11.2 Å². The van der Waals surface area contributed by atoms with Gasteiger partial charge in [0, 0.05) is 24.3 Å². The van der Waals surface area contributed by atoms with Gasteiger partial charge >= 0.3 is 0 Å². The number of aryl methyl sites for hydroxylation is 1. The van der Waals surface area contributed by atoms with Crippen molar-refractivity contribution >= 4 is 23.2 Å². The summed E-state index contributed by atoms with van der Waals surface area (Å²) in [5.74, 6) is 0.758. The van der Waals surface area contributed by atoms with Gasteiger partial charge in [0.2, 0.25) is 5.91 Å². The molecule has 26 heavy (non-hydrogen) atoms. The molecule has 0 aliphatic carbocycles. The molecule has 1 heterocycles. The highest BCUT2D eigenvalue weighted by Gasteiger charge is 2.23. The van der Waals surface area contributed by atoms with Gasteiger partial charge in [-0.1, -0.05) is 6.07 Å². The summed E-state index contributed by atoms with van der Waals surface area (Å²) in [4.78, 5) is 26.5. The van der Waals surface area contributed by atoms with Crippen LogP contribution in [0.15, 0.2) is 36.4 Å². The number of nitrogens with one attached hydrogen (secondary N) is 1. The monoisotopic (exact) mass is 354 g/mol. The number of carbonyl (C=O) groups is 2. The number of amides is 2. The maximum Gasteiger partial charge on any atom is 0.259 e. The third-order valence-corrected chi connectivity index (χ3v) is 4.50. The Morgan fingerprint density at radius 3 is 2.65 bits per heavy atom. The number of ether oxygens (including phenoxy) is 2. The minimum Gasteiger partial charge on any atom is -0.493 e. The summed E-state index contributed by atoms with van der Waals surface area (Å²) < 4.78 is 10.6. The summed E-state index contributed by atoms with van der Waals surface area (Å²) in [6, 6.07) is 10.8. The standard InChI is InChI=1S/C20H22N2O4/c1-4-22-16-10-9-14(12-13(16)8-11-18(22)23)21-20(24)15-6-5-7-17(25-2)19(15)26-3/h5-7,9-10,12H,4,8,11H2,1-3H3,(H,21,24). The van der Waals surface area contributed by atoms with Crippen LogP contribution < -0.4 is 19.7 Å². The van der Waals surface area contributed by atoms with Crippen molar-refractivity contribution in [2.45, 2.75) is 19.8 Å². The molecule has 0 spiro atoms. The number of anilines is 2. The number of hydrogen-bond acceptors (Lipinski definition) is 4. The van der Waals surface area contributed by atoms with E-state index in [2.05, 4.69) is 5.32 Å². The van der Waals surface area contributed by atoms with Crippen molar-refractivity contribution in [1.29, 1.82) is 0 Å². The fraction of sp³-hybridized carbons (Fsp3) is 0.300. The molecule has 0 bridgehead atoms. The quantitative estimate of drug-likeness (QED) is 0.895. The Morgan fingerprint density at radius 2 is 1.96 bits per heavy atom. The molecule has 2 aromatic carbocycles. The second-order valence-electron chi connectivity index (χ2n) is 5.98. The summed E-state index contributed by atoms with van der Waals surface area (Å²) in [5, 5.41) is 2.90. The Balaban J connectivity index is 1.86. The molecular formula is C20H22N2O4. The van der Waals surface area contributed by atoms with Gasteiger partial charge in [-0.05, 0) is 49.2 Å². The molecule has 1 N–H and O–H groups in total. The van der Waals surface area contributed by atoms with Crippen molar-refractivity contribution in [3.05, 3.63) is 47.5 Å². The Morgan fingerprint density at radius 1 is 1.15 bits per heavy atom. The van der Waals surface area contributed by atoms with E-state index in [9.17, 15) is 9.59 Å². The van der Waals surface area contributed by atoms with Crippen LogP contribution in [0.4, 0.5) is 11.4 Å². The number of benzene rings is 2. The summed E-state index contributed by atoms with van der Waals surface area (Å²) in [6.45, 7) is 2.59. The molecular weight excluding hydrogens is 332 g/mol. The summed E-state index contributed by atoms with van der Waals surface area (Å²) in [7, 11) is 3.04. The first kappa shape index (κ1) is 17.8. The van der Waals surface area contributed by atoms with Crippen LogP contribution in [0.1, 0.15) is 29.3 Å². The van der Waals surface area contributed by atoms with Crippen LogP contribution in [0, 0.1) is 0 Å². The van der Waals surface area contributed by atoms with E-state index in [4.69, 9.17) is 9.47 Å². The largest absolute Gasteiger partial charge is 0.493 e. The molecule has 2 aromatic rings. The number of methoxy groups -OCH3 is 2. The molecule has 0 saturated carbocycles. The predicted molar refractivity (Wildman–Crippen MR) is 100 cm³/mol. The number of nitrogens with zero attached hydrogens (tertiary/aromatic N) is 1. The molecule has 1 aliphatic rings. The molecule has 0 saturated heterocycles. The van der Waals surface area contributed by atoms with E-state index in [0.717, 1.165) is 11.3 Å². The molecule has 3 rings (SSSR count). The summed E-state index contributed by atoms with van der Waals surface area (Å²) in [6.07, 6.45) is 1.17. The number of hydrogen-bond donors (Lipinski definition) is 1. The molecule has 0 unspecified atom stereocenters. The number of rotatable bonds is 5. The van der Waals surface area contributed by atoms with E-state index in [1.807, 2.05) is 25.1 Å². The number of fused-ring (bicyclic) bond motifs is 1. The molecule has 1 aliphatic heterocycles. The van der Waals surface area contributed by atoms with E-state index >= 15 is 0 Å². The van der Waals surface area contributed by atoms with Gasteiger partial charge in [-0.25, -0.2) is 0 Å². The Kier molecular flexibility index (Phi) is 5.11. The van der Waals surface area contributed by atoms with Crippen molar-refractivity contribution < 1.29 is 19.1 Å². The molecule has 6 nitrogen and oxygen atoms in total. The number of carbonyl (C=O) groups excluding carboxylic acids is 2. The molecule has 136 valence electrons. The van der Waals surface area contributed by atoms with Gasteiger partial charge in [0.05, 0.1) is 19.8 Å². The lowest BCUT2D eigenvalue weighted by Crippen LogP contribution is -2.34. The molecule has 0 fully saturated rings. The number of para-hydroxylation sites is 1. The SMILES string of the molecule is CCN1C(=O)CCc2cc(NC(=O)c3cccc(OC)c3OC)ccc21. The van der Waals surface area contributed by atoms with Crippen LogP contribution in [0.2, 0.25) is 0 Å². The van der Waals surface area contributed by atoms with E-state index in [-0.39, 0.29) is 11.8 Å². The van der Waals surface area contributed by atoms with Crippen LogP contribution >= 0.6 is 0 Å². The van der Waals surface area contributed by atoms with Gasteiger partial charge in [-0.2, -0.15) is 0 Å². The highest BCUT2D eigenvalue weighted by molar-refractivity contribution is 6.07. The fourth-order valence-corrected chi connectivity index (χ4v) is 3.25. The third-order valence-electron chi connectivity index (χ3n) is 4.50. The lowest BCUT2D eigenvalue weighted by Gasteiger charge is -2.28. The van der Waals surface area contributed by atoms with Crippen molar-refractivity contribution in [3.63, 3.8) is 0 Å². The van der Waals surface area contributed by atoms with Crippen molar-refractivity contribution in [3.8, 4) is 11.5 Å². The van der Waals surface area contributed by atoms with E-state index in [1.165, 1.54) is 14.2 Å². The minimum absolute atomic E-state index is 0.137. The Bertz CT molecular complexity index is 848. The summed E-state index contributed by atoms with van der Waals surface area (Å²) >= 11 is 0. The first-order chi connectivity index (χ1) is 12.6. The zero-order valence-corrected chi connectivity index (χ0v) is 15.2. The maximum atomic E-state index is 12.7. The highest BCUT2D eigenvalue weighted by atomic mass is 16.5. The van der Waals surface area contributed by atoms with Crippen molar-refractivity contribution in [2.75, 3.05) is 31.0 Å². The molecule has 0 atom stereocenters. The molecule has 2 amide bonds. The maximum absolute atomic E-state index is 12.7. The smallest absolute Gasteiger partial charge is 0.259 e. The first-order valence-electron chi connectivity index (χ1n) is 8.54. The topological polar surface area (TPSA) is 67.9 Å². The van der Waals surface area contributed by atoms with E-state index in [1.54, 1.807) is 23.1 Å². The molecule has 0 radical (unpaired) electrons. The van der Waals surface area contributed by atoms with Crippen LogP contribution in [0.5, 0.6) is 11.5 Å². The predicted octanol–water partition coefficient (Wildman–Crippen LogP) is 3.26. The van der Waals surface area contributed by atoms with Gasteiger partial charge in [0.1, 0.15) is 0 Å². The van der Waals surface area contributed by atoms with Gasteiger partial charge in [-0.3, -0.25) is 9.59 Å². The van der Waals surface area contributed by atoms with Gasteiger partial charge in [0.15, 0.2) is 11.5 Å². The van der Waals surface area contributed by atoms with E-state index in [0.29, 0.717) is 42.1 Å². The van der Waals surface area contributed by atoms with Crippen LogP contribution in [0.3, 0.4) is 0 Å². The van der Waals surface area contributed by atoms with Crippen molar-refractivity contribution in [2.24, 2.45) is 0 Å².